The van der Waals surface area contributed by atoms with Gasteiger partial charge in [-0.2, -0.15) is 0 Å². The third kappa shape index (κ3) is 5.32. The monoisotopic (exact) mass is 472 g/mol. The third-order valence-corrected chi connectivity index (χ3v) is 5.07. The van der Waals surface area contributed by atoms with E-state index in [9.17, 15) is 19.2 Å². The first-order valence-corrected chi connectivity index (χ1v) is 10.3. The highest BCUT2D eigenvalue weighted by Crippen LogP contribution is 2.30. The molecule has 0 aromatic heterocycles. The molecule has 3 rings (SSSR count). The molecule has 0 aliphatic carbocycles. The predicted octanol–water partition coefficient (Wildman–Crippen LogP) is 3.27. The lowest BCUT2D eigenvalue weighted by Gasteiger charge is -2.26. The van der Waals surface area contributed by atoms with Gasteiger partial charge in [0.25, 0.3) is 11.8 Å². The zero-order chi connectivity index (χ0) is 24.1. The van der Waals surface area contributed by atoms with Crippen molar-refractivity contribution in [2.45, 2.75) is 13.8 Å². The first kappa shape index (κ1) is 23.8. The van der Waals surface area contributed by atoms with E-state index < -0.39 is 23.8 Å². The van der Waals surface area contributed by atoms with Crippen molar-refractivity contribution in [2.24, 2.45) is 0 Å². The number of nitrogens with zero attached hydrogens (tertiary/aromatic N) is 1. The van der Waals surface area contributed by atoms with Crippen molar-refractivity contribution < 1.29 is 33.4 Å². The van der Waals surface area contributed by atoms with Crippen LogP contribution in [0.5, 0.6) is 11.5 Å². The number of halogens is 1. The Morgan fingerprint density at radius 1 is 1.12 bits per heavy atom. The van der Waals surface area contributed by atoms with Gasteiger partial charge in [0.1, 0.15) is 5.57 Å². The summed E-state index contributed by atoms with van der Waals surface area (Å²) in [6, 6.07) is 8.45. The van der Waals surface area contributed by atoms with Gasteiger partial charge < -0.3 is 14.2 Å². The molecule has 33 heavy (non-hydrogen) atoms. The number of rotatable bonds is 7. The Kier molecular flexibility index (Phi) is 7.34. The summed E-state index contributed by atoms with van der Waals surface area (Å²) >= 11 is 6.13. The van der Waals surface area contributed by atoms with E-state index in [1.54, 1.807) is 32.0 Å². The molecule has 4 amide bonds. The largest absolute Gasteiger partial charge is 0.493 e. The van der Waals surface area contributed by atoms with Gasteiger partial charge in [-0.3, -0.25) is 14.9 Å². The van der Waals surface area contributed by atoms with Gasteiger partial charge in [0.05, 0.1) is 19.4 Å². The van der Waals surface area contributed by atoms with Gasteiger partial charge in [-0.25, -0.2) is 14.5 Å². The second kappa shape index (κ2) is 10.2. The zero-order valence-electron chi connectivity index (χ0n) is 18.1. The summed E-state index contributed by atoms with van der Waals surface area (Å²) < 4.78 is 15.5. The highest BCUT2D eigenvalue weighted by atomic mass is 35.5. The van der Waals surface area contributed by atoms with Crippen molar-refractivity contribution in [3.63, 3.8) is 0 Å². The van der Waals surface area contributed by atoms with Gasteiger partial charge in [0.15, 0.2) is 18.1 Å². The first-order valence-electron chi connectivity index (χ1n) is 9.89. The van der Waals surface area contributed by atoms with E-state index >= 15 is 0 Å². The Labute approximate surface area is 194 Å². The summed E-state index contributed by atoms with van der Waals surface area (Å²) in [7, 11) is 1.41. The highest BCUT2D eigenvalue weighted by Gasteiger charge is 2.37. The topological polar surface area (TPSA) is 111 Å². The molecule has 0 unspecified atom stereocenters. The Bertz CT molecular complexity index is 1160. The van der Waals surface area contributed by atoms with Crippen molar-refractivity contribution in [1.29, 1.82) is 0 Å². The lowest BCUT2D eigenvalue weighted by molar-refractivity contribution is -0.145. The molecule has 172 valence electrons. The van der Waals surface area contributed by atoms with Crippen molar-refractivity contribution in [3.8, 4) is 11.5 Å². The average Bonchev–Trinajstić information content (AvgIpc) is 2.78. The second-order valence-corrected chi connectivity index (χ2v) is 7.30. The molecule has 1 saturated heterocycles. The number of aryl methyl sites for hydroxylation is 1. The number of imide groups is 2. The minimum absolute atomic E-state index is 0.229. The number of esters is 1. The number of carbonyl (C=O) groups is 4. The summed E-state index contributed by atoms with van der Waals surface area (Å²) in [6.45, 7) is 3.40. The quantitative estimate of drug-likeness (QED) is 0.374. The Morgan fingerprint density at radius 3 is 2.55 bits per heavy atom. The van der Waals surface area contributed by atoms with Crippen LogP contribution in [-0.2, 0) is 19.1 Å². The number of amides is 4. The van der Waals surface area contributed by atoms with Crippen LogP contribution in [0.15, 0.2) is 42.0 Å². The highest BCUT2D eigenvalue weighted by molar-refractivity contribution is 6.39. The van der Waals surface area contributed by atoms with Crippen LogP contribution in [0.25, 0.3) is 6.08 Å². The maximum Gasteiger partial charge on any atom is 0.344 e. The molecular formula is C23H21ClN2O7. The van der Waals surface area contributed by atoms with Crippen LogP contribution in [0, 0.1) is 6.92 Å². The Hall–Kier alpha value is -3.85. The van der Waals surface area contributed by atoms with E-state index in [4.69, 9.17) is 25.8 Å². The molecule has 0 atom stereocenters. The molecular weight excluding hydrogens is 452 g/mol. The fourth-order valence-electron chi connectivity index (χ4n) is 3.01. The molecule has 1 fully saturated rings. The summed E-state index contributed by atoms with van der Waals surface area (Å²) in [6.07, 6.45) is 1.32. The number of hydrogen-bond donors (Lipinski definition) is 1. The SMILES string of the molecule is CCOC(=O)COc1ccc(/C=C2/C(=O)NC(=O)N(c3ccc(C)c(Cl)c3)C2=O)cc1OC. The lowest BCUT2D eigenvalue weighted by Crippen LogP contribution is -2.54. The van der Waals surface area contributed by atoms with E-state index in [0.717, 1.165) is 10.5 Å². The maximum absolute atomic E-state index is 13.0. The minimum atomic E-state index is -0.873. The predicted molar refractivity (Wildman–Crippen MR) is 120 cm³/mol. The van der Waals surface area contributed by atoms with E-state index in [1.807, 2.05) is 0 Å². The smallest absolute Gasteiger partial charge is 0.344 e. The number of benzene rings is 2. The van der Waals surface area contributed by atoms with Crippen LogP contribution in [0.1, 0.15) is 18.1 Å². The normalized spacial score (nSPS) is 14.8. The maximum atomic E-state index is 13.0. The Balaban J connectivity index is 1.89. The summed E-state index contributed by atoms with van der Waals surface area (Å²) in [4.78, 5) is 50.1. The fraction of sp³-hybridized carbons (Fsp3) is 0.217. The molecule has 0 saturated carbocycles. The minimum Gasteiger partial charge on any atom is -0.493 e. The molecule has 0 radical (unpaired) electrons. The van der Waals surface area contributed by atoms with Crippen LogP contribution in [0.4, 0.5) is 10.5 Å². The standard InChI is InChI=1S/C23H21ClN2O7/c1-4-32-20(27)12-33-18-8-6-14(10-19(18)31-3)9-16-21(28)25-23(30)26(22(16)29)15-7-5-13(2)17(24)11-15/h5-11H,4,12H2,1-3H3,(H,25,28,30)/b16-9-. The molecule has 10 heteroatoms. The van der Waals surface area contributed by atoms with Gasteiger partial charge in [-0.05, 0) is 55.3 Å². The van der Waals surface area contributed by atoms with Crippen LogP contribution in [-0.4, -0.2) is 44.1 Å². The second-order valence-electron chi connectivity index (χ2n) is 6.90. The summed E-state index contributed by atoms with van der Waals surface area (Å²) in [5.41, 5.74) is 1.18. The van der Waals surface area contributed by atoms with Crippen molar-refractivity contribution in [2.75, 3.05) is 25.2 Å². The molecule has 2 aromatic carbocycles. The van der Waals surface area contributed by atoms with Gasteiger partial charge in [-0.15, -0.1) is 0 Å². The van der Waals surface area contributed by atoms with Gasteiger partial charge in [0, 0.05) is 5.02 Å². The number of nitrogens with one attached hydrogen (secondary N) is 1. The van der Waals surface area contributed by atoms with Crippen molar-refractivity contribution >= 4 is 47.2 Å². The molecule has 9 nitrogen and oxygen atoms in total. The molecule has 0 bridgehead atoms. The van der Waals surface area contributed by atoms with E-state index in [2.05, 4.69) is 5.32 Å². The number of hydrogen-bond acceptors (Lipinski definition) is 7. The van der Waals surface area contributed by atoms with Gasteiger partial charge in [-0.1, -0.05) is 23.7 Å². The van der Waals surface area contributed by atoms with Crippen LogP contribution in [0.3, 0.4) is 0 Å². The molecule has 1 N–H and O–H groups in total. The van der Waals surface area contributed by atoms with Crippen molar-refractivity contribution in [3.05, 3.63) is 58.1 Å². The third-order valence-electron chi connectivity index (χ3n) is 4.66. The van der Waals surface area contributed by atoms with E-state index in [-0.39, 0.29) is 36.0 Å². The lowest BCUT2D eigenvalue weighted by atomic mass is 10.1. The number of carbonyl (C=O) groups excluding carboxylic acids is 4. The van der Waals surface area contributed by atoms with E-state index in [1.165, 1.54) is 31.4 Å². The van der Waals surface area contributed by atoms with Crippen LogP contribution >= 0.6 is 11.6 Å². The molecule has 1 aliphatic rings. The van der Waals surface area contributed by atoms with Gasteiger partial charge in [0.2, 0.25) is 0 Å². The molecule has 0 spiro atoms. The van der Waals surface area contributed by atoms with E-state index in [0.29, 0.717) is 10.6 Å². The molecule has 2 aromatic rings. The Morgan fingerprint density at radius 2 is 1.88 bits per heavy atom. The van der Waals surface area contributed by atoms with Crippen molar-refractivity contribution in [1.82, 2.24) is 5.32 Å². The van der Waals surface area contributed by atoms with Gasteiger partial charge >= 0.3 is 12.0 Å². The summed E-state index contributed by atoms with van der Waals surface area (Å²) in [5.74, 6) is -1.61. The fourth-order valence-corrected chi connectivity index (χ4v) is 3.19. The number of ether oxygens (including phenoxy) is 3. The molecule has 1 heterocycles. The zero-order valence-corrected chi connectivity index (χ0v) is 18.9. The first-order chi connectivity index (χ1) is 15.7. The van der Waals surface area contributed by atoms with Crippen LogP contribution < -0.4 is 19.7 Å². The van der Waals surface area contributed by atoms with Crippen LogP contribution in [0.2, 0.25) is 5.02 Å². The number of urea groups is 1. The number of anilines is 1. The summed E-state index contributed by atoms with van der Waals surface area (Å²) in [5, 5.41) is 2.53. The average molecular weight is 473 g/mol. The molecule has 1 aliphatic heterocycles. The number of barbiturate groups is 1. The number of methoxy groups -OCH3 is 1.